The average molecular weight is 205 g/mol. The molecule has 0 aromatic carbocycles. The van der Waals surface area contributed by atoms with Crippen LogP contribution in [0.1, 0.15) is 17.9 Å². The number of rotatable bonds is 5. The molecule has 3 N–H and O–H groups in total. The first-order valence-corrected chi connectivity index (χ1v) is 5.07. The van der Waals surface area contributed by atoms with Gasteiger partial charge in [0.2, 0.25) is 0 Å². The molecule has 0 fully saturated rings. The Bertz CT molecular complexity index is 390. The highest BCUT2D eigenvalue weighted by molar-refractivity contribution is 4.97. The molecule has 2 aromatic rings. The highest BCUT2D eigenvalue weighted by Gasteiger charge is 2.00. The van der Waals surface area contributed by atoms with Gasteiger partial charge in [-0.15, -0.1) is 0 Å². The number of aryl methyl sites for hydroxylation is 2. The van der Waals surface area contributed by atoms with E-state index in [9.17, 15) is 0 Å². The normalized spacial score (nSPS) is 10.7. The van der Waals surface area contributed by atoms with E-state index in [-0.39, 0.29) is 0 Å². The number of aromatic amines is 1. The molecule has 0 saturated heterocycles. The van der Waals surface area contributed by atoms with Crippen molar-refractivity contribution in [2.45, 2.75) is 25.9 Å². The van der Waals surface area contributed by atoms with Gasteiger partial charge in [-0.1, -0.05) is 0 Å². The summed E-state index contributed by atoms with van der Waals surface area (Å²) in [7, 11) is 0. The molecule has 2 aromatic heterocycles. The van der Waals surface area contributed by atoms with Gasteiger partial charge in [0, 0.05) is 38.1 Å². The molecule has 0 aliphatic heterocycles. The van der Waals surface area contributed by atoms with E-state index >= 15 is 0 Å². The highest BCUT2D eigenvalue weighted by atomic mass is 15.0. The minimum Gasteiger partial charge on any atom is -0.349 e. The molecule has 0 unspecified atom stereocenters. The zero-order chi connectivity index (χ0) is 10.5. The van der Waals surface area contributed by atoms with Crippen molar-refractivity contribution in [2.75, 3.05) is 0 Å². The van der Waals surface area contributed by atoms with E-state index in [1.165, 1.54) is 0 Å². The first kappa shape index (κ1) is 9.92. The molecule has 5 heteroatoms. The number of H-pyrrole nitrogens is 1. The van der Waals surface area contributed by atoms with Crippen LogP contribution in [0.15, 0.2) is 24.9 Å². The van der Waals surface area contributed by atoms with Gasteiger partial charge in [0.1, 0.15) is 5.82 Å². The number of hydrogen-bond acceptors (Lipinski definition) is 3. The van der Waals surface area contributed by atoms with Crippen molar-refractivity contribution in [3.05, 3.63) is 36.4 Å². The van der Waals surface area contributed by atoms with Gasteiger partial charge >= 0.3 is 0 Å². The lowest BCUT2D eigenvalue weighted by atomic mass is 10.3. The fourth-order valence-electron chi connectivity index (χ4n) is 1.57. The van der Waals surface area contributed by atoms with Crippen molar-refractivity contribution in [1.29, 1.82) is 0 Å². The van der Waals surface area contributed by atoms with E-state index < -0.39 is 0 Å². The quantitative estimate of drug-likeness (QED) is 0.754. The number of nitrogens with two attached hydrogens (primary N) is 1. The highest BCUT2D eigenvalue weighted by Crippen LogP contribution is 2.02. The van der Waals surface area contributed by atoms with Crippen molar-refractivity contribution in [2.24, 2.45) is 5.73 Å². The third-order valence-electron chi connectivity index (χ3n) is 2.38. The van der Waals surface area contributed by atoms with E-state index in [1.54, 1.807) is 6.20 Å². The van der Waals surface area contributed by atoms with Crippen molar-refractivity contribution in [1.82, 2.24) is 19.5 Å². The van der Waals surface area contributed by atoms with Crippen molar-refractivity contribution in [3.63, 3.8) is 0 Å². The molecule has 0 radical (unpaired) electrons. The predicted molar refractivity (Wildman–Crippen MR) is 57.0 cm³/mol. The van der Waals surface area contributed by atoms with Crippen LogP contribution in [0.5, 0.6) is 0 Å². The van der Waals surface area contributed by atoms with E-state index in [0.717, 1.165) is 30.9 Å². The lowest BCUT2D eigenvalue weighted by Crippen LogP contribution is -2.07. The van der Waals surface area contributed by atoms with Gasteiger partial charge < -0.3 is 15.3 Å². The van der Waals surface area contributed by atoms with Gasteiger partial charge in [0.25, 0.3) is 0 Å². The van der Waals surface area contributed by atoms with Crippen LogP contribution < -0.4 is 5.73 Å². The standard InChI is InChI=1S/C10H15N5/c11-6-9-7-12-8-15(9)5-1-2-10-13-3-4-14-10/h3-4,7-8H,1-2,5-6,11H2,(H,13,14). The molecule has 0 bridgehead atoms. The maximum absolute atomic E-state index is 5.58. The van der Waals surface area contributed by atoms with Crippen molar-refractivity contribution >= 4 is 0 Å². The number of nitrogens with zero attached hydrogens (tertiary/aromatic N) is 3. The zero-order valence-electron chi connectivity index (χ0n) is 8.56. The Morgan fingerprint density at radius 1 is 1.47 bits per heavy atom. The topological polar surface area (TPSA) is 72.5 Å². The number of hydrogen-bond donors (Lipinski definition) is 2. The lowest BCUT2D eigenvalue weighted by molar-refractivity contribution is 0.608. The Balaban J connectivity index is 1.83. The number of aromatic nitrogens is 4. The Labute approximate surface area is 88.4 Å². The average Bonchev–Trinajstić information content (AvgIpc) is 2.88. The predicted octanol–water partition coefficient (Wildman–Crippen LogP) is 0.698. The fourth-order valence-corrected chi connectivity index (χ4v) is 1.57. The maximum Gasteiger partial charge on any atom is 0.106 e. The Morgan fingerprint density at radius 3 is 3.13 bits per heavy atom. The van der Waals surface area contributed by atoms with Crippen LogP contribution >= 0.6 is 0 Å². The first-order valence-electron chi connectivity index (χ1n) is 5.07. The molecule has 0 atom stereocenters. The number of imidazole rings is 2. The molecule has 15 heavy (non-hydrogen) atoms. The molecule has 2 heterocycles. The van der Waals surface area contributed by atoms with Gasteiger partial charge in [-0.2, -0.15) is 0 Å². The van der Waals surface area contributed by atoms with Crippen molar-refractivity contribution in [3.8, 4) is 0 Å². The second-order valence-corrected chi connectivity index (χ2v) is 3.42. The molecular formula is C10H15N5. The molecule has 0 saturated carbocycles. The van der Waals surface area contributed by atoms with Crippen LogP contribution in [0, 0.1) is 0 Å². The van der Waals surface area contributed by atoms with E-state index in [2.05, 4.69) is 19.5 Å². The van der Waals surface area contributed by atoms with Crippen LogP contribution in [0.3, 0.4) is 0 Å². The van der Waals surface area contributed by atoms with Crippen LogP contribution in [0.2, 0.25) is 0 Å². The smallest absolute Gasteiger partial charge is 0.106 e. The molecule has 0 aliphatic carbocycles. The second kappa shape index (κ2) is 4.75. The monoisotopic (exact) mass is 205 g/mol. The molecular weight excluding hydrogens is 190 g/mol. The summed E-state index contributed by atoms with van der Waals surface area (Å²) < 4.78 is 2.09. The minimum atomic E-state index is 0.542. The van der Waals surface area contributed by atoms with Gasteiger partial charge in [-0.3, -0.25) is 0 Å². The third-order valence-corrected chi connectivity index (χ3v) is 2.38. The summed E-state index contributed by atoms with van der Waals surface area (Å²) in [6.45, 7) is 1.48. The van der Waals surface area contributed by atoms with Crippen LogP contribution in [0.25, 0.3) is 0 Å². The Kier molecular flexibility index (Phi) is 3.14. The molecule has 80 valence electrons. The summed E-state index contributed by atoms with van der Waals surface area (Å²) in [6.07, 6.45) is 9.25. The van der Waals surface area contributed by atoms with Gasteiger partial charge in [0.05, 0.1) is 12.0 Å². The lowest BCUT2D eigenvalue weighted by Gasteiger charge is -2.04. The molecule has 0 aliphatic rings. The summed E-state index contributed by atoms with van der Waals surface area (Å²) in [5, 5.41) is 0. The van der Waals surface area contributed by atoms with Crippen LogP contribution in [0.4, 0.5) is 0 Å². The molecule has 0 spiro atoms. The summed E-state index contributed by atoms with van der Waals surface area (Å²) in [6, 6.07) is 0. The summed E-state index contributed by atoms with van der Waals surface area (Å²) in [5.41, 5.74) is 6.66. The SMILES string of the molecule is NCc1cncn1CCCc1ncc[nH]1. The van der Waals surface area contributed by atoms with Gasteiger partial charge in [-0.25, -0.2) is 9.97 Å². The minimum absolute atomic E-state index is 0.542. The summed E-state index contributed by atoms with van der Waals surface area (Å²) >= 11 is 0. The second-order valence-electron chi connectivity index (χ2n) is 3.42. The van der Waals surface area contributed by atoms with E-state index in [1.807, 2.05) is 18.7 Å². The molecule has 0 amide bonds. The molecule has 5 nitrogen and oxygen atoms in total. The largest absolute Gasteiger partial charge is 0.349 e. The molecule has 2 rings (SSSR count). The van der Waals surface area contributed by atoms with E-state index in [0.29, 0.717) is 6.54 Å². The Morgan fingerprint density at radius 2 is 2.40 bits per heavy atom. The maximum atomic E-state index is 5.58. The van der Waals surface area contributed by atoms with Crippen molar-refractivity contribution < 1.29 is 0 Å². The fraction of sp³-hybridized carbons (Fsp3) is 0.400. The van der Waals surface area contributed by atoms with Crippen LogP contribution in [-0.4, -0.2) is 19.5 Å². The Hall–Kier alpha value is -1.62. The van der Waals surface area contributed by atoms with Crippen LogP contribution in [-0.2, 0) is 19.5 Å². The zero-order valence-corrected chi connectivity index (χ0v) is 8.56. The van der Waals surface area contributed by atoms with Gasteiger partial charge in [0.15, 0.2) is 0 Å². The number of nitrogens with one attached hydrogen (secondary N) is 1. The first-order chi connectivity index (χ1) is 7.40. The summed E-state index contributed by atoms with van der Waals surface area (Å²) in [5.74, 6) is 1.03. The van der Waals surface area contributed by atoms with E-state index in [4.69, 9.17) is 5.73 Å². The van der Waals surface area contributed by atoms with Gasteiger partial charge in [-0.05, 0) is 6.42 Å². The summed E-state index contributed by atoms with van der Waals surface area (Å²) in [4.78, 5) is 11.3. The third kappa shape index (κ3) is 2.44.